The van der Waals surface area contributed by atoms with Crippen LogP contribution in [0.15, 0.2) is 0 Å². The van der Waals surface area contributed by atoms with Crippen molar-refractivity contribution in [2.24, 2.45) is 0 Å². The van der Waals surface area contributed by atoms with Crippen LogP contribution >= 0.6 is 11.8 Å². The van der Waals surface area contributed by atoms with Gasteiger partial charge in [-0.3, -0.25) is 0 Å². The second kappa shape index (κ2) is 5.57. The van der Waals surface area contributed by atoms with Crippen molar-refractivity contribution in [3.05, 3.63) is 11.4 Å². The van der Waals surface area contributed by atoms with E-state index in [0.717, 1.165) is 29.6 Å². The predicted molar refractivity (Wildman–Crippen MR) is 84.4 cm³/mol. The highest BCUT2D eigenvalue weighted by Crippen LogP contribution is 2.47. The Morgan fingerprint density at radius 3 is 2.37 bits per heavy atom. The van der Waals surface area contributed by atoms with Gasteiger partial charge >= 0.3 is 0 Å². The third kappa shape index (κ3) is 3.14. The van der Waals surface area contributed by atoms with E-state index in [2.05, 4.69) is 47.6 Å². The summed E-state index contributed by atoms with van der Waals surface area (Å²) in [6, 6.07) is 0. The van der Waals surface area contributed by atoms with Crippen molar-refractivity contribution < 1.29 is 0 Å². The zero-order valence-electron chi connectivity index (χ0n) is 12.5. The van der Waals surface area contributed by atoms with Gasteiger partial charge in [-0.1, -0.05) is 13.8 Å². The number of aromatic nitrogens is 2. The molecular weight excluding hydrogens is 256 g/mol. The molecule has 0 saturated heterocycles. The van der Waals surface area contributed by atoms with Gasteiger partial charge in [0.05, 0.1) is 0 Å². The third-order valence-corrected chi connectivity index (χ3v) is 5.15. The molecule has 1 aliphatic carbocycles. The second-order valence-corrected chi connectivity index (χ2v) is 6.82. The maximum absolute atomic E-state index is 4.67. The van der Waals surface area contributed by atoms with Gasteiger partial charge in [0, 0.05) is 29.8 Å². The fourth-order valence-electron chi connectivity index (χ4n) is 2.04. The molecule has 0 amide bonds. The number of anilines is 2. The number of rotatable bonds is 6. The van der Waals surface area contributed by atoms with Gasteiger partial charge in [-0.2, -0.15) is 11.8 Å². The summed E-state index contributed by atoms with van der Waals surface area (Å²) in [6.07, 6.45) is 4.81. The highest BCUT2D eigenvalue weighted by molar-refractivity contribution is 8.00. The number of hydrogen-bond donors (Lipinski definition) is 2. The molecule has 0 atom stereocenters. The van der Waals surface area contributed by atoms with Crippen LogP contribution in [0.4, 0.5) is 11.6 Å². The van der Waals surface area contributed by atoms with E-state index in [0.29, 0.717) is 10.7 Å². The van der Waals surface area contributed by atoms with Gasteiger partial charge in [-0.15, -0.1) is 0 Å². The van der Waals surface area contributed by atoms with E-state index in [9.17, 15) is 0 Å². The van der Waals surface area contributed by atoms with Gasteiger partial charge in [-0.25, -0.2) is 9.97 Å². The minimum atomic E-state index is 0.337. The van der Waals surface area contributed by atoms with Crippen LogP contribution in [0.25, 0.3) is 0 Å². The Hall–Kier alpha value is -0.970. The topological polar surface area (TPSA) is 49.8 Å². The summed E-state index contributed by atoms with van der Waals surface area (Å²) in [6.45, 7) is 7.31. The van der Waals surface area contributed by atoms with Crippen molar-refractivity contribution in [2.75, 3.05) is 30.5 Å². The van der Waals surface area contributed by atoms with Crippen LogP contribution in [0.1, 0.15) is 44.0 Å². The lowest BCUT2D eigenvalue weighted by atomic mass is 10.2. The van der Waals surface area contributed by atoms with Crippen molar-refractivity contribution in [1.29, 1.82) is 0 Å². The Bertz CT molecular complexity index is 455. The van der Waals surface area contributed by atoms with E-state index in [1.54, 1.807) is 0 Å². The number of thioether (sulfide) groups is 1. The van der Waals surface area contributed by atoms with Crippen molar-refractivity contribution >= 4 is 23.4 Å². The molecule has 1 aromatic rings. The summed E-state index contributed by atoms with van der Waals surface area (Å²) >= 11 is 1.96. The van der Waals surface area contributed by atoms with E-state index in [1.807, 2.05) is 18.8 Å². The standard InChI is InChI=1S/C14H24N4S/c1-9(2)11-17-12(15-4)10(3)13(18-11)16-8-14(19-5)6-7-14/h9H,6-8H2,1-5H3,(H2,15,16,17,18). The number of nitrogens with one attached hydrogen (secondary N) is 2. The summed E-state index contributed by atoms with van der Waals surface area (Å²) in [5, 5.41) is 6.69. The van der Waals surface area contributed by atoms with Crippen LogP contribution in [-0.2, 0) is 0 Å². The summed E-state index contributed by atoms with van der Waals surface area (Å²) in [7, 11) is 1.91. The van der Waals surface area contributed by atoms with Gasteiger partial charge in [0.2, 0.25) is 0 Å². The van der Waals surface area contributed by atoms with Gasteiger partial charge in [-0.05, 0) is 26.0 Å². The Balaban J connectivity index is 2.20. The molecule has 5 heteroatoms. The van der Waals surface area contributed by atoms with E-state index >= 15 is 0 Å². The van der Waals surface area contributed by atoms with Crippen LogP contribution in [-0.4, -0.2) is 34.6 Å². The first kappa shape index (κ1) is 14.4. The lowest BCUT2D eigenvalue weighted by Crippen LogP contribution is -2.20. The van der Waals surface area contributed by atoms with Crippen molar-refractivity contribution in [2.45, 2.75) is 44.3 Å². The molecule has 1 saturated carbocycles. The van der Waals surface area contributed by atoms with Crippen LogP contribution in [0.5, 0.6) is 0 Å². The van der Waals surface area contributed by atoms with Gasteiger partial charge in [0.1, 0.15) is 17.5 Å². The Morgan fingerprint density at radius 1 is 1.26 bits per heavy atom. The average Bonchev–Trinajstić information content (AvgIpc) is 3.18. The summed E-state index contributed by atoms with van der Waals surface area (Å²) in [4.78, 5) is 9.24. The monoisotopic (exact) mass is 280 g/mol. The third-order valence-electron chi connectivity index (χ3n) is 3.74. The van der Waals surface area contributed by atoms with E-state index < -0.39 is 0 Å². The maximum atomic E-state index is 4.67. The lowest BCUT2D eigenvalue weighted by molar-refractivity contribution is 0.772. The summed E-state index contributed by atoms with van der Waals surface area (Å²) in [5.74, 6) is 3.13. The maximum Gasteiger partial charge on any atom is 0.135 e. The molecule has 0 radical (unpaired) electrons. The van der Waals surface area contributed by atoms with Crippen molar-refractivity contribution in [1.82, 2.24) is 9.97 Å². The van der Waals surface area contributed by atoms with Gasteiger partial charge in [0.15, 0.2) is 0 Å². The molecule has 0 unspecified atom stereocenters. The fourth-order valence-corrected chi connectivity index (χ4v) is 2.77. The largest absolute Gasteiger partial charge is 0.373 e. The normalized spacial score (nSPS) is 16.5. The predicted octanol–water partition coefficient (Wildman–Crippen LogP) is 3.26. The molecule has 1 fully saturated rings. The van der Waals surface area contributed by atoms with Crippen molar-refractivity contribution in [3.8, 4) is 0 Å². The molecule has 0 bridgehead atoms. The molecule has 2 rings (SSSR count). The molecule has 106 valence electrons. The molecule has 1 heterocycles. The van der Waals surface area contributed by atoms with E-state index in [4.69, 9.17) is 0 Å². The zero-order chi connectivity index (χ0) is 14.0. The van der Waals surface area contributed by atoms with Crippen molar-refractivity contribution in [3.63, 3.8) is 0 Å². The van der Waals surface area contributed by atoms with Gasteiger partial charge < -0.3 is 10.6 Å². The Morgan fingerprint density at radius 2 is 1.89 bits per heavy atom. The lowest BCUT2D eigenvalue weighted by Gasteiger charge is -2.18. The van der Waals surface area contributed by atoms with Crippen LogP contribution in [0, 0.1) is 6.92 Å². The molecule has 1 aromatic heterocycles. The summed E-state index contributed by atoms with van der Waals surface area (Å²) in [5.41, 5.74) is 1.10. The average molecular weight is 280 g/mol. The highest BCUT2D eigenvalue weighted by atomic mass is 32.2. The second-order valence-electron chi connectivity index (χ2n) is 5.55. The van der Waals surface area contributed by atoms with E-state index in [-0.39, 0.29) is 0 Å². The van der Waals surface area contributed by atoms with Crippen LogP contribution in [0.3, 0.4) is 0 Å². The number of nitrogens with zero attached hydrogens (tertiary/aromatic N) is 2. The first-order valence-corrected chi connectivity index (χ1v) is 8.09. The van der Waals surface area contributed by atoms with Gasteiger partial charge in [0.25, 0.3) is 0 Å². The minimum Gasteiger partial charge on any atom is -0.373 e. The molecule has 0 aliphatic heterocycles. The smallest absolute Gasteiger partial charge is 0.135 e. The molecule has 4 nitrogen and oxygen atoms in total. The molecule has 1 aliphatic rings. The quantitative estimate of drug-likeness (QED) is 0.837. The molecule has 0 spiro atoms. The first-order valence-electron chi connectivity index (χ1n) is 6.86. The number of hydrogen-bond acceptors (Lipinski definition) is 5. The first-order chi connectivity index (χ1) is 9.01. The molecule has 19 heavy (non-hydrogen) atoms. The highest BCUT2D eigenvalue weighted by Gasteiger charge is 2.41. The fraction of sp³-hybridized carbons (Fsp3) is 0.714. The zero-order valence-corrected chi connectivity index (χ0v) is 13.3. The minimum absolute atomic E-state index is 0.337. The molecule has 0 aromatic carbocycles. The SMILES string of the molecule is CNc1nc(C(C)C)nc(NCC2(SC)CC2)c1C. The molecular formula is C14H24N4S. The Labute approximate surface area is 120 Å². The van der Waals surface area contributed by atoms with Crippen LogP contribution in [0.2, 0.25) is 0 Å². The van der Waals surface area contributed by atoms with E-state index in [1.165, 1.54) is 12.8 Å². The van der Waals surface area contributed by atoms with Crippen LogP contribution < -0.4 is 10.6 Å². The summed E-state index contributed by atoms with van der Waals surface area (Å²) < 4.78 is 0.440. The Kier molecular flexibility index (Phi) is 4.23. The molecule has 2 N–H and O–H groups in total.